The molecular weight excluding hydrogens is 332 g/mol. The molecule has 136 valence electrons. The van der Waals surface area contributed by atoms with Crippen molar-refractivity contribution in [1.29, 1.82) is 0 Å². The van der Waals surface area contributed by atoms with E-state index < -0.39 is 0 Å². The van der Waals surface area contributed by atoms with Crippen LogP contribution in [0.4, 0.5) is 11.4 Å². The molecule has 1 N–H and O–H groups in total. The van der Waals surface area contributed by atoms with Crippen molar-refractivity contribution in [2.45, 2.75) is 31.8 Å². The van der Waals surface area contributed by atoms with E-state index in [1.807, 2.05) is 65.6 Å². The van der Waals surface area contributed by atoms with Crippen LogP contribution < -0.4 is 10.2 Å². The van der Waals surface area contributed by atoms with Crippen LogP contribution in [0.2, 0.25) is 0 Å². The van der Waals surface area contributed by atoms with Crippen molar-refractivity contribution in [1.82, 2.24) is 0 Å². The fraction of sp³-hybridized carbons (Fsp3) is 0.208. The van der Waals surface area contributed by atoms with Gasteiger partial charge in [-0.05, 0) is 42.7 Å². The third-order valence-corrected chi connectivity index (χ3v) is 5.17. The number of benzene rings is 3. The smallest absolute Gasteiger partial charge is 0.231 e. The number of hydrogen-bond donors (Lipinski definition) is 1. The molecule has 27 heavy (non-hydrogen) atoms. The van der Waals surface area contributed by atoms with E-state index in [4.69, 9.17) is 0 Å². The Morgan fingerprint density at radius 3 is 2.30 bits per heavy atom. The first-order valence-electron chi connectivity index (χ1n) is 9.49. The van der Waals surface area contributed by atoms with Gasteiger partial charge in [-0.2, -0.15) is 0 Å². The molecule has 3 aromatic carbocycles. The van der Waals surface area contributed by atoms with E-state index in [1.165, 1.54) is 5.56 Å². The lowest BCUT2D eigenvalue weighted by molar-refractivity contribution is -0.118. The van der Waals surface area contributed by atoms with E-state index >= 15 is 0 Å². The summed E-state index contributed by atoms with van der Waals surface area (Å²) in [7, 11) is 0. The van der Waals surface area contributed by atoms with Crippen molar-refractivity contribution in [3.63, 3.8) is 0 Å². The summed E-state index contributed by atoms with van der Waals surface area (Å²) >= 11 is 0. The van der Waals surface area contributed by atoms with Gasteiger partial charge in [0.25, 0.3) is 0 Å². The van der Waals surface area contributed by atoms with Crippen LogP contribution in [-0.4, -0.2) is 11.9 Å². The van der Waals surface area contributed by atoms with Crippen LogP contribution in [0.1, 0.15) is 30.5 Å². The average molecular weight is 356 g/mol. The molecule has 3 heteroatoms. The molecule has 1 aliphatic heterocycles. The van der Waals surface area contributed by atoms with Crippen molar-refractivity contribution in [2.75, 3.05) is 10.2 Å². The van der Waals surface area contributed by atoms with Crippen LogP contribution in [-0.2, 0) is 11.2 Å². The first-order valence-corrected chi connectivity index (χ1v) is 9.49. The maximum atomic E-state index is 13.1. The number of carbonyl (C=O) groups excluding carboxylic acids is 1. The van der Waals surface area contributed by atoms with Gasteiger partial charge in [-0.25, -0.2) is 0 Å². The molecule has 1 amide bonds. The molecule has 3 nitrogen and oxygen atoms in total. The normalized spacial score (nSPS) is 18.6. The van der Waals surface area contributed by atoms with Crippen molar-refractivity contribution in [3.05, 3.63) is 96.1 Å². The van der Waals surface area contributed by atoms with Gasteiger partial charge in [0.1, 0.15) is 0 Å². The van der Waals surface area contributed by atoms with Crippen LogP contribution in [0.25, 0.3) is 0 Å². The van der Waals surface area contributed by atoms with Gasteiger partial charge in [-0.15, -0.1) is 0 Å². The Morgan fingerprint density at radius 2 is 1.56 bits per heavy atom. The number of nitrogens with zero attached hydrogens (tertiary/aromatic N) is 1. The number of para-hydroxylation sites is 2. The Morgan fingerprint density at radius 1 is 0.926 bits per heavy atom. The monoisotopic (exact) mass is 356 g/mol. The summed E-state index contributed by atoms with van der Waals surface area (Å²) in [4.78, 5) is 15.1. The van der Waals surface area contributed by atoms with Gasteiger partial charge in [0.2, 0.25) is 5.91 Å². The fourth-order valence-corrected chi connectivity index (χ4v) is 3.92. The molecule has 0 unspecified atom stereocenters. The van der Waals surface area contributed by atoms with Gasteiger partial charge in [0.15, 0.2) is 0 Å². The van der Waals surface area contributed by atoms with Gasteiger partial charge < -0.3 is 10.2 Å². The molecule has 3 aromatic rings. The SMILES string of the molecule is C[C@H]1C[C@@H](Nc2ccccc2)c2ccccc2N1C(=O)Cc1ccccc1. The third-order valence-electron chi connectivity index (χ3n) is 5.17. The van der Waals surface area contributed by atoms with Crippen LogP contribution in [0.5, 0.6) is 0 Å². The zero-order valence-corrected chi connectivity index (χ0v) is 15.5. The van der Waals surface area contributed by atoms with Crippen molar-refractivity contribution < 1.29 is 4.79 Å². The molecule has 1 aliphatic rings. The molecule has 0 aliphatic carbocycles. The quantitative estimate of drug-likeness (QED) is 0.696. The lowest BCUT2D eigenvalue weighted by Crippen LogP contribution is -2.45. The number of amides is 1. The summed E-state index contributed by atoms with van der Waals surface area (Å²) < 4.78 is 0. The molecular formula is C24H24N2O. The summed E-state index contributed by atoms with van der Waals surface area (Å²) in [5.41, 5.74) is 4.36. The maximum Gasteiger partial charge on any atom is 0.231 e. The fourth-order valence-electron chi connectivity index (χ4n) is 3.92. The number of hydrogen-bond acceptors (Lipinski definition) is 2. The molecule has 0 fully saturated rings. The molecule has 0 aromatic heterocycles. The van der Waals surface area contributed by atoms with Gasteiger partial charge in [0.05, 0.1) is 12.5 Å². The van der Waals surface area contributed by atoms with E-state index in [0.717, 1.165) is 23.4 Å². The van der Waals surface area contributed by atoms with E-state index in [-0.39, 0.29) is 18.0 Å². The first-order chi connectivity index (χ1) is 13.2. The predicted octanol–water partition coefficient (Wildman–Crippen LogP) is 5.21. The topological polar surface area (TPSA) is 32.3 Å². The lowest BCUT2D eigenvalue weighted by Gasteiger charge is -2.40. The Kier molecular flexibility index (Phi) is 4.93. The minimum absolute atomic E-state index is 0.136. The summed E-state index contributed by atoms with van der Waals surface area (Å²) in [5, 5.41) is 3.64. The highest BCUT2D eigenvalue weighted by Gasteiger charge is 2.33. The first kappa shape index (κ1) is 17.3. The molecule has 2 atom stereocenters. The Hall–Kier alpha value is -3.07. The molecule has 0 saturated carbocycles. The van der Waals surface area contributed by atoms with Crippen molar-refractivity contribution in [3.8, 4) is 0 Å². The van der Waals surface area contributed by atoms with E-state index in [9.17, 15) is 4.79 Å². The highest BCUT2D eigenvalue weighted by molar-refractivity contribution is 5.96. The summed E-state index contributed by atoms with van der Waals surface area (Å²) in [6.45, 7) is 2.14. The second-order valence-corrected chi connectivity index (χ2v) is 7.13. The second kappa shape index (κ2) is 7.67. The Balaban J connectivity index is 1.62. The summed E-state index contributed by atoms with van der Waals surface area (Å²) in [6, 6.07) is 28.8. The van der Waals surface area contributed by atoms with Crippen molar-refractivity contribution >= 4 is 17.3 Å². The van der Waals surface area contributed by atoms with E-state index in [1.54, 1.807) is 0 Å². The number of rotatable bonds is 4. The Bertz CT molecular complexity index is 908. The predicted molar refractivity (Wildman–Crippen MR) is 111 cm³/mol. The summed E-state index contributed by atoms with van der Waals surface area (Å²) in [6.07, 6.45) is 1.31. The molecule has 4 rings (SSSR count). The van der Waals surface area contributed by atoms with Crippen LogP contribution in [0.3, 0.4) is 0 Å². The van der Waals surface area contributed by atoms with E-state index in [0.29, 0.717) is 6.42 Å². The van der Waals surface area contributed by atoms with Crippen molar-refractivity contribution in [2.24, 2.45) is 0 Å². The molecule has 1 heterocycles. The number of nitrogens with one attached hydrogen (secondary N) is 1. The van der Waals surface area contributed by atoms with Gasteiger partial charge >= 0.3 is 0 Å². The zero-order valence-electron chi connectivity index (χ0n) is 15.5. The highest BCUT2D eigenvalue weighted by atomic mass is 16.2. The van der Waals surface area contributed by atoms with Gasteiger partial charge in [-0.3, -0.25) is 4.79 Å². The minimum atomic E-state index is 0.136. The highest BCUT2D eigenvalue weighted by Crippen LogP contribution is 2.39. The van der Waals surface area contributed by atoms with E-state index in [2.05, 4.69) is 36.5 Å². The van der Waals surface area contributed by atoms with Gasteiger partial charge in [-0.1, -0.05) is 66.7 Å². The number of carbonyl (C=O) groups is 1. The molecule has 0 saturated heterocycles. The third kappa shape index (κ3) is 3.72. The molecule has 0 bridgehead atoms. The molecule has 0 spiro atoms. The number of anilines is 2. The second-order valence-electron chi connectivity index (χ2n) is 7.13. The van der Waals surface area contributed by atoms with Crippen LogP contribution >= 0.6 is 0 Å². The minimum Gasteiger partial charge on any atom is -0.378 e. The van der Waals surface area contributed by atoms with Gasteiger partial charge in [0, 0.05) is 17.4 Å². The Labute approximate surface area is 160 Å². The molecule has 0 radical (unpaired) electrons. The lowest BCUT2D eigenvalue weighted by atomic mass is 9.91. The van der Waals surface area contributed by atoms with Crippen LogP contribution in [0, 0.1) is 0 Å². The summed E-state index contributed by atoms with van der Waals surface area (Å²) in [5.74, 6) is 0.152. The number of fused-ring (bicyclic) bond motifs is 1. The zero-order chi connectivity index (χ0) is 18.6. The average Bonchev–Trinajstić information content (AvgIpc) is 2.69. The standard InChI is InChI=1S/C24H24N2O/c1-18-16-22(25-20-12-6-3-7-13-20)21-14-8-9-15-23(21)26(18)24(27)17-19-10-4-2-5-11-19/h2-15,18,22,25H,16-17H2,1H3/t18-,22+/m0/s1. The van der Waals surface area contributed by atoms with Crippen LogP contribution in [0.15, 0.2) is 84.9 Å². The largest absolute Gasteiger partial charge is 0.378 e. The maximum absolute atomic E-state index is 13.1.